The molecule has 1 aliphatic heterocycles. The molecule has 1 aromatic heterocycles. The highest BCUT2D eigenvalue weighted by atomic mass is 19.1. The molecule has 2 heterocycles. The van der Waals surface area contributed by atoms with Crippen LogP contribution >= 0.6 is 0 Å². The standard InChI is InChI=1S/C11H13FN2O/c12-10-7-13-5-3-9(10)11(15)6-8-2-1-4-14-8/h3,5,7-8,14H,1-2,4,6H2. The molecule has 3 nitrogen and oxygen atoms in total. The Morgan fingerprint density at radius 2 is 2.53 bits per heavy atom. The quantitative estimate of drug-likeness (QED) is 0.766. The zero-order chi connectivity index (χ0) is 10.7. The summed E-state index contributed by atoms with van der Waals surface area (Å²) in [5.74, 6) is -0.671. The Kier molecular flexibility index (Phi) is 3.06. The van der Waals surface area contributed by atoms with Crippen LogP contribution in [-0.2, 0) is 0 Å². The number of ketones is 1. The van der Waals surface area contributed by atoms with Gasteiger partial charge in [-0.3, -0.25) is 9.78 Å². The lowest BCUT2D eigenvalue weighted by Gasteiger charge is -2.08. The average molecular weight is 208 g/mol. The highest BCUT2D eigenvalue weighted by Gasteiger charge is 2.20. The van der Waals surface area contributed by atoms with E-state index >= 15 is 0 Å². The number of pyridine rings is 1. The van der Waals surface area contributed by atoms with E-state index in [1.165, 1.54) is 12.3 Å². The number of hydrogen-bond donors (Lipinski definition) is 1. The summed E-state index contributed by atoms with van der Waals surface area (Å²) in [4.78, 5) is 15.3. The molecular formula is C11H13FN2O. The second-order valence-corrected chi connectivity index (χ2v) is 3.78. The SMILES string of the molecule is O=C(CC1CCCN1)c1ccncc1F. The van der Waals surface area contributed by atoms with Crippen molar-refractivity contribution in [2.45, 2.75) is 25.3 Å². The van der Waals surface area contributed by atoms with Crippen molar-refractivity contribution >= 4 is 5.78 Å². The summed E-state index contributed by atoms with van der Waals surface area (Å²) < 4.78 is 13.2. The molecule has 4 heteroatoms. The van der Waals surface area contributed by atoms with Crippen molar-refractivity contribution in [3.63, 3.8) is 0 Å². The zero-order valence-electron chi connectivity index (χ0n) is 8.37. The molecule has 1 N–H and O–H groups in total. The van der Waals surface area contributed by atoms with E-state index in [0.717, 1.165) is 25.6 Å². The summed E-state index contributed by atoms with van der Waals surface area (Å²) in [7, 11) is 0. The van der Waals surface area contributed by atoms with E-state index < -0.39 is 5.82 Å². The summed E-state index contributed by atoms with van der Waals surface area (Å²) in [5, 5.41) is 3.22. The van der Waals surface area contributed by atoms with E-state index in [1.54, 1.807) is 0 Å². The summed E-state index contributed by atoms with van der Waals surface area (Å²) in [6.45, 7) is 0.955. The highest BCUT2D eigenvalue weighted by Crippen LogP contribution is 2.14. The second kappa shape index (κ2) is 4.49. The molecule has 0 saturated carbocycles. The molecule has 0 bridgehead atoms. The first kappa shape index (κ1) is 10.2. The molecule has 0 aliphatic carbocycles. The number of halogens is 1. The number of carbonyl (C=O) groups is 1. The lowest BCUT2D eigenvalue weighted by Crippen LogP contribution is -2.24. The van der Waals surface area contributed by atoms with Gasteiger partial charge in [-0.05, 0) is 25.5 Å². The Morgan fingerprint density at radius 1 is 1.67 bits per heavy atom. The van der Waals surface area contributed by atoms with Gasteiger partial charge in [0.05, 0.1) is 11.8 Å². The van der Waals surface area contributed by atoms with E-state index in [2.05, 4.69) is 10.3 Å². The highest BCUT2D eigenvalue weighted by molar-refractivity contribution is 5.96. The normalized spacial score (nSPS) is 20.5. The molecule has 0 radical (unpaired) electrons. The van der Waals surface area contributed by atoms with Crippen LogP contribution in [0.25, 0.3) is 0 Å². The second-order valence-electron chi connectivity index (χ2n) is 3.78. The Hall–Kier alpha value is -1.29. The maximum atomic E-state index is 13.2. The number of rotatable bonds is 3. The molecular weight excluding hydrogens is 195 g/mol. The molecule has 1 unspecified atom stereocenters. The Bertz CT molecular complexity index is 361. The molecule has 1 atom stereocenters. The van der Waals surface area contributed by atoms with Crippen LogP contribution in [0.1, 0.15) is 29.6 Å². The van der Waals surface area contributed by atoms with E-state index in [4.69, 9.17) is 0 Å². The lowest BCUT2D eigenvalue weighted by molar-refractivity contribution is 0.0967. The molecule has 80 valence electrons. The Morgan fingerprint density at radius 3 is 3.20 bits per heavy atom. The molecule has 0 aromatic carbocycles. The fourth-order valence-electron chi connectivity index (χ4n) is 1.87. The van der Waals surface area contributed by atoms with Crippen LogP contribution in [0.5, 0.6) is 0 Å². The van der Waals surface area contributed by atoms with Crippen LogP contribution in [0, 0.1) is 5.82 Å². The number of Topliss-reactive ketones (excluding diaryl/α,β-unsaturated/α-hetero) is 1. The molecule has 0 spiro atoms. The van der Waals surface area contributed by atoms with Gasteiger partial charge >= 0.3 is 0 Å². The van der Waals surface area contributed by atoms with E-state index in [9.17, 15) is 9.18 Å². The Labute approximate surface area is 87.7 Å². The van der Waals surface area contributed by atoms with Crippen LogP contribution in [0.15, 0.2) is 18.5 Å². The minimum Gasteiger partial charge on any atom is -0.314 e. The molecule has 2 rings (SSSR count). The van der Waals surface area contributed by atoms with Crippen molar-refractivity contribution in [2.24, 2.45) is 0 Å². The minimum absolute atomic E-state index is 0.144. The first-order valence-corrected chi connectivity index (χ1v) is 5.13. The van der Waals surface area contributed by atoms with E-state index in [0.29, 0.717) is 6.42 Å². The lowest BCUT2D eigenvalue weighted by atomic mass is 10.0. The van der Waals surface area contributed by atoms with E-state index in [-0.39, 0.29) is 17.4 Å². The maximum Gasteiger partial charge on any atom is 0.167 e. The number of nitrogens with zero attached hydrogens (tertiary/aromatic N) is 1. The number of nitrogens with one attached hydrogen (secondary N) is 1. The Balaban J connectivity index is 2.04. The molecule has 0 amide bonds. The first-order chi connectivity index (χ1) is 7.27. The predicted molar refractivity (Wildman–Crippen MR) is 54.2 cm³/mol. The van der Waals surface area contributed by atoms with Crippen molar-refractivity contribution < 1.29 is 9.18 Å². The van der Waals surface area contributed by atoms with Crippen LogP contribution < -0.4 is 5.32 Å². The van der Waals surface area contributed by atoms with Gasteiger partial charge in [-0.15, -0.1) is 0 Å². The molecule has 1 aromatic rings. The van der Waals surface area contributed by atoms with Gasteiger partial charge in [0.1, 0.15) is 0 Å². The molecule has 15 heavy (non-hydrogen) atoms. The third-order valence-electron chi connectivity index (χ3n) is 2.67. The first-order valence-electron chi connectivity index (χ1n) is 5.13. The monoisotopic (exact) mass is 208 g/mol. The minimum atomic E-state index is -0.527. The van der Waals surface area contributed by atoms with Crippen LogP contribution in [0.4, 0.5) is 4.39 Å². The smallest absolute Gasteiger partial charge is 0.167 e. The molecule has 1 saturated heterocycles. The maximum absolute atomic E-state index is 13.2. The summed E-state index contributed by atoms with van der Waals surface area (Å²) in [6.07, 6.45) is 4.99. The van der Waals surface area contributed by atoms with Gasteiger partial charge in [0.15, 0.2) is 11.6 Å². The van der Waals surface area contributed by atoms with Crippen LogP contribution in [0.3, 0.4) is 0 Å². The molecule has 1 fully saturated rings. The topological polar surface area (TPSA) is 42.0 Å². The number of aromatic nitrogens is 1. The van der Waals surface area contributed by atoms with Gasteiger partial charge in [0.25, 0.3) is 0 Å². The zero-order valence-corrected chi connectivity index (χ0v) is 8.37. The van der Waals surface area contributed by atoms with Crippen molar-refractivity contribution in [3.05, 3.63) is 29.8 Å². The van der Waals surface area contributed by atoms with Crippen LogP contribution in [-0.4, -0.2) is 23.4 Å². The fourth-order valence-corrected chi connectivity index (χ4v) is 1.87. The summed E-state index contributed by atoms with van der Waals surface area (Å²) in [5.41, 5.74) is 0.152. The fraction of sp³-hybridized carbons (Fsp3) is 0.455. The average Bonchev–Trinajstić information content (AvgIpc) is 2.71. The van der Waals surface area contributed by atoms with Gasteiger partial charge in [0, 0.05) is 18.7 Å². The van der Waals surface area contributed by atoms with Crippen molar-refractivity contribution in [1.82, 2.24) is 10.3 Å². The van der Waals surface area contributed by atoms with E-state index in [1.807, 2.05) is 0 Å². The number of hydrogen-bond acceptors (Lipinski definition) is 3. The third kappa shape index (κ3) is 2.39. The van der Waals surface area contributed by atoms with Gasteiger partial charge in [0.2, 0.25) is 0 Å². The third-order valence-corrected chi connectivity index (χ3v) is 2.67. The van der Waals surface area contributed by atoms with Crippen molar-refractivity contribution in [3.8, 4) is 0 Å². The van der Waals surface area contributed by atoms with Crippen LogP contribution in [0.2, 0.25) is 0 Å². The van der Waals surface area contributed by atoms with Crippen molar-refractivity contribution in [1.29, 1.82) is 0 Å². The van der Waals surface area contributed by atoms with Gasteiger partial charge in [-0.2, -0.15) is 0 Å². The predicted octanol–water partition coefficient (Wildman–Crippen LogP) is 1.55. The summed E-state index contributed by atoms with van der Waals surface area (Å²) >= 11 is 0. The van der Waals surface area contributed by atoms with Gasteiger partial charge < -0.3 is 5.32 Å². The largest absolute Gasteiger partial charge is 0.314 e. The molecule has 1 aliphatic rings. The van der Waals surface area contributed by atoms with Gasteiger partial charge in [-0.25, -0.2) is 4.39 Å². The van der Waals surface area contributed by atoms with Gasteiger partial charge in [-0.1, -0.05) is 0 Å². The van der Waals surface area contributed by atoms with Crippen molar-refractivity contribution in [2.75, 3.05) is 6.54 Å². The number of carbonyl (C=O) groups excluding carboxylic acids is 1. The summed E-state index contributed by atoms with van der Waals surface area (Å²) in [6, 6.07) is 1.65.